The first-order chi connectivity index (χ1) is 8.02. The molecule has 0 radical (unpaired) electrons. The van der Waals surface area contributed by atoms with E-state index in [0.717, 1.165) is 0 Å². The van der Waals surface area contributed by atoms with Gasteiger partial charge in [-0.15, -0.1) is 0 Å². The van der Waals surface area contributed by atoms with Crippen LogP contribution in [0.4, 0.5) is 5.69 Å². The van der Waals surface area contributed by atoms with Gasteiger partial charge in [0.25, 0.3) is 0 Å². The van der Waals surface area contributed by atoms with Crippen LogP contribution in [0.2, 0.25) is 0 Å². The zero-order chi connectivity index (χ0) is 12.8. The lowest BCUT2D eigenvalue weighted by Crippen LogP contribution is -2.34. The van der Waals surface area contributed by atoms with Gasteiger partial charge in [-0.05, 0) is 12.1 Å². The third-order valence-electron chi connectivity index (χ3n) is 2.07. The van der Waals surface area contributed by atoms with Crippen molar-refractivity contribution in [1.82, 2.24) is 0 Å². The van der Waals surface area contributed by atoms with Gasteiger partial charge < -0.3 is 19.8 Å². The van der Waals surface area contributed by atoms with Crippen LogP contribution in [0.3, 0.4) is 0 Å². The Hall–Kier alpha value is -2.24. The predicted molar refractivity (Wildman–Crippen MR) is 60.5 cm³/mol. The Morgan fingerprint density at radius 1 is 1.24 bits per heavy atom. The van der Waals surface area contributed by atoms with Crippen LogP contribution in [-0.4, -0.2) is 42.4 Å². The summed E-state index contributed by atoms with van der Waals surface area (Å²) in [4.78, 5) is 22.5. The Morgan fingerprint density at radius 3 is 2.29 bits per heavy atom. The van der Waals surface area contributed by atoms with E-state index < -0.39 is 11.9 Å². The quantitative estimate of drug-likeness (QED) is 0.758. The van der Waals surface area contributed by atoms with Crippen LogP contribution in [-0.2, 0) is 9.59 Å². The second-order valence-electron chi connectivity index (χ2n) is 3.35. The third-order valence-corrected chi connectivity index (χ3v) is 2.07. The normalized spacial score (nSPS) is 9.71. The monoisotopic (exact) mass is 239 g/mol. The van der Waals surface area contributed by atoms with E-state index in [-0.39, 0.29) is 13.1 Å². The highest BCUT2D eigenvalue weighted by molar-refractivity contribution is 5.79. The molecule has 0 atom stereocenters. The predicted octanol–water partition coefficient (Wildman–Crippen LogP) is 0.671. The molecule has 1 aromatic carbocycles. The summed E-state index contributed by atoms with van der Waals surface area (Å²) in [7, 11) is 1.48. The number of aliphatic carboxylic acids is 2. The second kappa shape index (κ2) is 5.74. The Labute approximate surface area is 98.0 Å². The van der Waals surface area contributed by atoms with Gasteiger partial charge in [0.05, 0.1) is 7.11 Å². The molecule has 0 fully saturated rings. The van der Waals surface area contributed by atoms with Crippen LogP contribution in [0.15, 0.2) is 24.3 Å². The number of carboxylic acid groups (broad SMARTS) is 2. The Kier molecular flexibility index (Phi) is 4.33. The fraction of sp³-hybridized carbons (Fsp3) is 0.273. The maximum Gasteiger partial charge on any atom is 0.323 e. The van der Waals surface area contributed by atoms with Gasteiger partial charge in [-0.2, -0.15) is 0 Å². The first kappa shape index (κ1) is 12.8. The van der Waals surface area contributed by atoms with Crippen molar-refractivity contribution in [3.63, 3.8) is 0 Å². The second-order valence-corrected chi connectivity index (χ2v) is 3.35. The van der Waals surface area contributed by atoms with Crippen LogP contribution in [0.5, 0.6) is 5.75 Å². The van der Waals surface area contributed by atoms with Crippen molar-refractivity contribution < 1.29 is 24.5 Å². The van der Waals surface area contributed by atoms with E-state index in [4.69, 9.17) is 14.9 Å². The van der Waals surface area contributed by atoms with Gasteiger partial charge in [0.2, 0.25) is 0 Å². The average molecular weight is 239 g/mol. The van der Waals surface area contributed by atoms with E-state index in [1.807, 2.05) is 0 Å². The molecule has 0 aliphatic rings. The summed E-state index contributed by atoms with van der Waals surface area (Å²) in [5, 5.41) is 17.4. The molecule has 0 aliphatic carbocycles. The summed E-state index contributed by atoms with van der Waals surface area (Å²) in [5.41, 5.74) is 0.495. The molecule has 0 saturated heterocycles. The Balaban J connectivity index is 2.94. The smallest absolute Gasteiger partial charge is 0.323 e. The van der Waals surface area contributed by atoms with Gasteiger partial charge in [0.1, 0.15) is 18.8 Å². The maximum atomic E-state index is 10.7. The number of methoxy groups -OCH3 is 1. The number of anilines is 1. The number of ether oxygens (including phenoxy) is 1. The van der Waals surface area contributed by atoms with E-state index in [9.17, 15) is 9.59 Å². The van der Waals surface area contributed by atoms with E-state index in [2.05, 4.69) is 0 Å². The van der Waals surface area contributed by atoms with Gasteiger partial charge in [-0.1, -0.05) is 6.07 Å². The lowest BCUT2D eigenvalue weighted by Gasteiger charge is -2.20. The van der Waals surface area contributed by atoms with Crippen LogP contribution in [0.25, 0.3) is 0 Å². The van der Waals surface area contributed by atoms with E-state index >= 15 is 0 Å². The standard InChI is InChI=1S/C11H13NO5/c1-17-9-4-2-3-8(5-9)12(6-10(13)14)7-11(15)16/h2-5H,6-7H2,1H3,(H,13,14)(H,15,16). The SMILES string of the molecule is COc1cccc(N(CC(=O)O)CC(=O)O)c1. The minimum absolute atomic E-state index is 0.376. The number of carboxylic acids is 2. The number of hydrogen-bond acceptors (Lipinski definition) is 4. The van der Waals surface area contributed by atoms with Crippen molar-refractivity contribution in [1.29, 1.82) is 0 Å². The lowest BCUT2D eigenvalue weighted by molar-refractivity contribution is -0.136. The van der Waals surface area contributed by atoms with Gasteiger partial charge in [0, 0.05) is 11.8 Å². The number of benzene rings is 1. The first-order valence-corrected chi connectivity index (χ1v) is 4.85. The summed E-state index contributed by atoms with van der Waals surface area (Å²) >= 11 is 0. The fourth-order valence-electron chi connectivity index (χ4n) is 1.37. The summed E-state index contributed by atoms with van der Waals surface area (Å²) in [5.74, 6) is -1.63. The topological polar surface area (TPSA) is 87.1 Å². The Morgan fingerprint density at radius 2 is 1.82 bits per heavy atom. The molecule has 6 nitrogen and oxygen atoms in total. The molecule has 6 heteroatoms. The molecule has 1 rings (SSSR count). The number of hydrogen-bond donors (Lipinski definition) is 2. The van der Waals surface area contributed by atoms with Crippen molar-refractivity contribution >= 4 is 17.6 Å². The summed E-state index contributed by atoms with van der Waals surface area (Å²) < 4.78 is 4.99. The zero-order valence-electron chi connectivity index (χ0n) is 9.29. The van der Waals surface area contributed by atoms with Crippen LogP contribution >= 0.6 is 0 Å². The highest BCUT2D eigenvalue weighted by atomic mass is 16.5. The average Bonchev–Trinajstić information content (AvgIpc) is 2.27. The van der Waals surface area contributed by atoms with Crippen molar-refractivity contribution in [3.8, 4) is 5.75 Å². The molecule has 0 heterocycles. The molecule has 0 spiro atoms. The van der Waals surface area contributed by atoms with Crippen LogP contribution < -0.4 is 9.64 Å². The van der Waals surface area contributed by atoms with Crippen LogP contribution in [0, 0.1) is 0 Å². The Bertz CT molecular complexity index is 402. The molecule has 0 aromatic heterocycles. The molecule has 2 N–H and O–H groups in total. The van der Waals surface area contributed by atoms with E-state index in [1.54, 1.807) is 24.3 Å². The van der Waals surface area contributed by atoms with E-state index in [1.165, 1.54) is 12.0 Å². The molecular weight excluding hydrogens is 226 g/mol. The molecule has 17 heavy (non-hydrogen) atoms. The van der Waals surface area contributed by atoms with E-state index in [0.29, 0.717) is 11.4 Å². The van der Waals surface area contributed by atoms with Gasteiger partial charge in [0.15, 0.2) is 0 Å². The maximum absolute atomic E-state index is 10.7. The largest absolute Gasteiger partial charge is 0.497 e. The minimum Gasteiger partial charge on any atom is -0.497 e. The van der Waals surface area contributed by atoms with Gasteiger partial charge >= 0.3 is 11.9 Å². The van der Waals surface area contributed by atoms with Crippen LogP contribution in [0.1, 0.15) is 0 Å². The molecule has 92 valence electrons. The molecule has 0 saturated carbocycles. The number of carbonyl (C=O) groups is 2. The number of rotatable bonds is 6. The van der Waals surface area contributed by atoms with Crippen molar-refractivity contribution in [3.05, 3.63) is 24.3 Å². The summed E-state index contributed by atoms with van der Waals surface area (Å²) in [6, 6.07) is 6.59. The van der Waals surface area contributed by atoms with Crippen molar-refractivity contribution in [2.24, 2.45) is 0 Å². The van der Waals surface area contributed by atoms with Crippen molar-refractivity contribution in [2.75, 3.05) is 25.1 Å². The highest BCUT2D eigenvalue weighted by Crippen LogP contribution is 2.20. The molecule has 0 bridgehead atoms. The molecule has 0 aliphatic heterocycles. The summed E-state index contributed by atoms with van der Waals surface area (Å²) in [6.07, 6.45) is 0. The molecular formula is C11H13NO5. The molecule has 0 amide bonds. The van der Waals surface area contributed by atoms with Gasteiger partial charge in [-0.25, -0.2) is 0 Å². The van der Waals surface area contributed by atoms with Gasteiger partial charge in [-0.3, -0.25) is 9.59 Å². The first-order valence-electron chi connectivity index (χ1n) is 4.85. The summed E-state index contributed by atoms with van der Waals surface area (Å²) in [6.45, 7) is -0.751. The minimum atomic E-state index is -1.09. The fourth-order valence-corrected chi connectivity index (χ4v) is 1.37. The van der Waals surface area contributed by atoms with Crippen molar-refractivity contribution in [2.45, 2.75) is 0 Å². The third kappa shape index (κ3) is 4.02. The molecule has 0 unspecified atom stereocenters. The number of nitrogens with zero attached hydrogens (tertiary/aromatic N) is 1. The highest BCUT2D eigenvalue weighted by Gasteiger charge is 2.14. The lowest BCUT2D eigenvalue weighted by atomic mass is 10.2. The zero-order valence-corrected chi connectivity index (χ0v) is 9.29. The molecule has 1 aromatic rings.